The van der Waals surface area contributed by atoms with Gasteiger partial charge in [-0.05, 0) is 70.4 Å². The number of ether oxygens (including phenoxy) is 3. The highest BCUT2D eigenvalue weighted by Crippen LogP contribution is 2.35. The van der Waals surface area contributed by atoms with E-state index >= 15 is 0 Å². The molecule has 0 fully saturated rings. The highest BCUT2D eigenvalue weighted by atomic mass is 79.9. The first-order chi connectivity index (χ1) is 19.4. The lowest BCUT2D eigenvalue weighted by atomic mass is 9.96. The second-order valence-electron chi connectivity index (χ2n) is 8.84. The van der Waals surface area contributed by atoms with Gasteiger partial charge in [-0.15, -0.1) is 0 Å². The Hall–Kier alpha value is -4.20. The molecule has 0 N–H and O–H groups in total. The van der Waals surface area contributed by atoms with Crippen LogP contribution < -0.4 is 24.4 Å². The summed E-state index contributed by atoms with van der Waals surface area (Å²) >= 11 is 4.75. The SMILES string of the molecule is CCOC(=O)C1=C(C)N=c2s/c(=C\c3c(OCC#N)ccc4ccccc34)c(=O)n2[C@@H]1c1ccc(OC)c(Br)c1. The van der Waals surface area contributed by atoms with Crippen molar-refractivity contribution in [1.29, 1.82) is 5.26 Å². The quantitative estimate of drug-likeness (QED) is 0.280. The fraction of sp³-hybridized carbons (Fsp3) is 0.200. The van der Waals surface area contributed by atoms with Gasteiger partial charge in [-0.3, -0.25) is 9.36 Å². The number of thiazole rings is 1. The Balaban J connectivity index is 1.77. The van der Waals surface area contributed by atoms with Crippen LogP contribution in [0.4, 0.5) is 0 Å². The lowest BCUT2D eigenvalue weighted by Gasteiger charge is -2.25. The van der Waals surface area contributed by atoms with Gasteiger partial charge in [0, 0.05) is 5.56 Å². The van der Waals surface area contributed by atoms with Crippen molar-refractivity contribution in [1.82, 2.24) is 4.57 Å². The minimum Gasteiger partial charge on any atom is -0.496 e. The van der Waals surface area contributed by atoms with Gasteiger partial charge in [0.25, 0.3) is 5.56 Å². The average Bonchev–Trinajstić information content (AvgIpc) is 3.25. The zero-order valence-electron chi connectivity index (χ0n) is 21.9. The minimum absolute atomic E-state index is 0.130. The predicted molar refractivity (Wildman–Crippen MR) is 156 cm³/mol. The van der Waals surface area contributed by atoms with Crippen LogP contribution in [-0.4, -0.2) is 30.9 Å². The summed E-state index contributed by atoms with van der Waals surface area (Å²) in [6.45, 7) is 3.53. The van der Waals surface area contributed by atoms with E-state index in [4.69, 9.17) is 19.5 Å². The van der Waals surface area contributed by atoms with Crippen molar-refractivity contribution in [2.45, 2.75) is 19.9 Å². The fourth-order valence-corrected chi connectivity index (χ4v) is 6.34. The van der Waals surface area contributed by atoms with E-state index in [2.05, 4.69) is 20.9 Å². The van der Waals surface area contributed by atoms with Gasteiger partial charge in [0.15, 0.2) is 11.4 Å². The highest BCUT2D eigenvalue weighted by Gasteiger charge is 2.33. The summed E-state index contributed by atoms with van der Waals surface area (Å²) in [5.41, 5.74) is 1.84. The Bertz CT molecular complexity index is 1900. The van der Waals surface area contributed by atoms with Crippen LogP contribution in [0.15, 0.2) is 80.1 Å². The number of hydrogen-bond acceptors (Lipinski definition) is 8. The zero-order chi connectivity index (χ0) is 28.4. The molecule has 0 aliphatic carbocycles. The monoisotopic (exact) mass is 617 g/mol. The van der Waals surface area contributed by atoms with Crippen molar-refractivity contribution in [3.05, 3.63) is 101 Å². The van der Waals surface area contributed by atoms with E-state index < -0.39 is 12.0 Å². The first kappa shape index (κ1) is 27.4. The third-order valence-corrected chi connectivity index (χ3v) is 8.11. The maximum Gasteiger partial charge on any atom is 0.338 e. The number of esters is 1. The summed E-state index contributed by atoms with van der Waals surface area (Å²) in [6, 6.07) is 18.1. The molecule has 0 unspecified atom stereocenters. The van der Waals surface area contributed by atoms with Crippen molar-refractivity contribution < 1.29 is 19.0 Å². The summed E-state index contributed by atoms with van der Waals surface area (Å²) in [6.07, 6.45) is 1.77. The predicted octanol–water partition coefficient (Wildman–Crippen LogP) is 4.62. The van der Waals surface area contributed by atoms with Crippen molar-refractivity contribution in [3.8, 4) is 17.6 Å². The van der Waals surface area contributed by atoms with E-state index in [1.165, 1.54) is 15.9 Å². The first-order valence-electron chi connectivity index (χ1n) is 12.4. The van der Waals surface area contributed by atoms with Crippen molar-refractivity contribution in [2.75, 3.05) is 20.3 Å². The second-order valence-corrected chi connectivity index (χ2v) is 10.7. The van der Waals surface area contributed by atoms with Crippen LogP contribution in [0.5, 0.6) is 11.5 Å². The number of nitriles is 1. The molecule has 0 saturated heterocycles. The van der Waals surface area contributed by atoms with E-state index in [1.54, 1.807) is 39.2 Å². The van der Waals surface area contributed by atoms with Gasteiger partial charge in [-0.1, -0.05) is 47.7 Å². The van der Waals surface area contributed by atoms with Gasteiger partial charge in [0.1, 0.15) is 17.6 Å². The van der Waals surface area contributed by atoms with Gasteiger partial charge < -0.3 is 14.2 Å². The highest BCUT2D eigenvalue weighted by molar-refractivity contribution is 9.10. The molecule has 1 aromatic heterocycles. The van der Waals surface area contributed by atoms with E-state index in [1.807, 2.05) is 48.5 Å². The normalized spacial score (nSPS) is 14.9. The largest absolute Gasteiger partial charge is 0.496 e. The van der Waals surface area contributed by atoms with Crippen molar-refractivity contribution in [3.63, 3.8) is 0 Å². The third kappa shape index (κ3) is 4.94. The van der Waals surface area contributed by atoms with Gasteiger partial charge in [0.2, 0.25) is 0 Å². The molecule has 0 bridgehead atoms. The molecular formula is C30H24BrN3O5S. The van der Waals surface area contributed by atoms with Crippen LogP contribution in [-0.2, 0) is 9.53 Å². The summed E-state index contributed by atoms with van der Waals surface area (Å²) < 4.78 is 19.1. The fourth-order valence-electron chi connectivity index (χ4n) is 4.75. The van der Waals surface area contributed by atoms with Crippen molar-refractivity contribution >= 4 is 50.1 Å². The van der Waals surface area contributed by atoms with Gasteiger partial charge in [0.05, 0.1) is 40.0 Å². The molecule has 0 amide bonds. The van der Waals surface area contributed by atoms with Crippen molar-refractivity contribution in [2.24, 2.45) is 4.99 Å². The Labute approximate surface area is 242 Å². The Morgan fingerprint density at radius 1 is 1.20 bits per heavy atom. The minimum atomic E-state index is -0.763. The molecule has 1 aliphatic heterocycles. The Kier molecular flexibility index (Phi) is 7.87. The zero-order valence-corrected chi connectivity index (χ0v) is 24.3. The van der Waals surface area contributed by atoms with Crippen LogP contribution >= 0.6 is 27.3 Å². The summed E-state index contributed by atoms with van der Waals surface area (Å²) in [7, 11) is 1.57. The maximum atomic E-state index is 14.1. The molecule has 1 atom stereocenters. The number of methoxy groups -OCH3 is 1. The first-order valence-corrected chi connectivity index (χ1v) is 14.0. The molecule has 10 heteroatoms. The maximum absolute atomic E-state index is 14.1. The standard InChI is InChI=1S/C30H24BrN3O5S/c1-4-38-29(36)26-17(2)33-30-34(27(26)19-10-12-24(37-3)22(31)15-19)28(35)25(40-30)16-21-20-8-6-5-7-18(20)9-11-23(21)39-14-13-32/h5-12,15-16,27H,4,14H2,1-3H3/b25-16-/t27-/m1/s1. The average molecular weight is 619 g/mol. The summed E-state index contributed by atoms with van der Waals surface area (Å²) in [5.74, 6) is 0.580. The van der Waals surface area contributed by atoms with Crippen LogP contribution in [0.25, 0.3) is 16.8 Å². The second kappa shape index (κ2) is 11.5. The number of allylic oxidation sites excluding steroid dienone is 1. The lowest BCUT2D eigenvalue weighted by Crippen LogP contribution is -2.40. The lowest BCUT2D eigenvalue weighted by molar-refractivity contribution is -0.139. The molecule has 0 spiro atoms. The topological polar surface area (TPSA) is 103 Å². The molecular weight excluding hydrogens is 594 g/mol. The number of halogens is 1. The molecule has 1 aliphatic rings. The molecule has 0 radical (unpaired) electrons. The molecule has 5 rings (SSSR count). The van der Waals surface area contributed by atoms with E-state index in [0.29, 0.717) is 47.7 Å². The number of aromatic nitrogens is 1. The van der Waals surface area contributed by atoms with Crippen LogP contribution in [0, 0.1) is 11.3 Å². The number of nitrogens with zero attached hydrogens (tertiary/aromatic N) is 3. The number of fused-ring (bicyclic) bond motifs is 2. The van der Waals surface area contributed by atoms with Crippen LogP contribution in [0.3, 0.4) is 0 Å². The Morgan fingerprint density at radius 2 is 1.98 bits per heavy atom. The number of carbonyl (C=O) groups is 1. The van der Waals surface area contributed by atoms with E-state index in [9.17, 15) is 9.59 Å². The molecule has 40 heavy (non-hydrogen) atoms. The Morgan fingerprint density at radius 3 is 2.70 bits per heavy atom. The molecule has 3 aromatic carbocycles. The van der Waals surface area contributed by atoms with Crippen LogP contribution in [0.1, 0.15) is 31.0 Å². The van der Waals surface area contributed by atoms with E-state index in [0.717, 1.165) is 10.8 Å². The third-order valence-electron chi connectivity index (χ3n) is 6.51. The number of benzene rings is 3. The molecule has 2 heterocycles. The van der Waals surface area contributed by atoms with Gasteiger partial charge in [-0.2, -0.15) is 5.26 Å². The molecule has 202 valence electrons. The van der Waals surface area contributed by atoms with Gasteiger partial charge >= 0.3 is 5.97 Å². The molecule has 8 nitrogen and oxygen atoms in total. The summed E-state index contributed by atoms with van der Waals surface area (Å²) in [5, 5.41) is 10.9. The smallest absolute Gasteiger partial charge is 0.338 e. The molecule has 0 saturated carbocycles. The van der Waals surface area contributed by atoms with Gasteiger partial charge in [-0.25, -0.2) is 9.79 Å². The van der Waals surface area contributed by atoms with E-state index in [-0.39, 0.29) is 18.8 Å². The van der Waals surface area contributed by atoms with Crippen LogP contribution in [0.2, 0.25) is 0 Å². The number of hydrogen-bond donors (Lipinski definition) is 0. The number of carbonyl (C=O) groups excluding carboxylic acids is 1. The summed E-state index contributed by atoms with van der Waals surface area (Å²) in [4.78, 5) is 32.4. The molecule has 4 aromatic rings. The number of rotatable bonds is 7.